The molecule has 212 valence electrons. The highest BCUT2D eigenvalue weighted by Gasteiger charge is 2.44. The number of rotatable bonds is 9. The second-order valence-corrected chi connectivity index (χ2v) is 9.94. The topological polar surface area (TPSA) is 134 Å². The van der Waals surface area contributed by atoms with Gasteiger partial charge in [0.1, 0.15) is 11.8 Å². The Labute approximate surface area is 233 Å². The van der Waals surface area contributed by atoms with E-state index in [0.717, 1.165) is 5.57 Å². The summed E-state index contributed by atoms with van der Waals surface area (Å²) in [5.41, 5.74) is 13.2. The average Bonchev–Trinajstić information content (AvgIpc) is 2.91. The van der Waals surface area contributed by atoms with E-state index in [1.165, 1.54) is 31.4 Å². The van der Waals surface area contributed by atoms with Gasteiger partial charge in [0.25, 0.3) is 0 Å². The Balaban J connectivity index is 1.64. The zero-order valence-electron chi connectivity index (χ0n) is 21.5. The lowest BCUT2D eigenvalue weighted by Crippen LogP contribution is -2.32. The second-order valence-electron chi connectivity index (χ2n) is 9.50. The number of aliphatic carboxylic acids is 1. The van der Waals surface area contributed by atoms with Crippen LogP contribution in [0.2, 0.25) is 5.02 Å². The van der Waals surface area contributed by atoms with Gasteiger partial charge < -0.3 is 26.0 Å². The summed E-state index contributed by atoms with van der Waals surface area (Å²) in [5.74, 6) is -1.02. The van der Waals surface area contributed by atoms with Crippen molar-refractivity contribution in [2.45, 2.75) is 44.0 Å². The van der Waals surface area contributed by atoms with Crippen molar-refractivity contribution in [2.24, 2.45) is 11.7 Å². The minimum absolute atomic E-state index is 0.0700. The molecule has 0 fully saturated rings. The number of ether oxygens (including phenoxy) is 2. The molecule has 1 aliphatic carbocycles. The van der Waals surface area contributed by atoms with Gasteiger partial charge in [0, 0.05) is 16.7 Å². The number of hydrogen-bond acceptors (Lipinski definition) is 7. The summed E-state index contributed by atoms with van der Waals surface area (Å²) >= 11 is 6.16. The molecule has 12 heteroatoms. The molecule has 0 amide bonds. The fraction of sp³-hybridized carbons (Fsp3) is 0.321. The van der Waals surface area contributed by atoms with E-state index < -0.39 is 24.3 Å². The molecule has 5 N–H and O–H groups in total. The van der Waals surface area contributed by atoms with Crippen molar-refractivity contribution in [1.29, 1.82) is 0 Å². The zero-order chi connectivity index (χ0) is 29.0. The van der Waals surface area contributed by atoms with Crippen LogP contribution in [0, 0.1) is 5.92 Å². The molecule has 1 aromatic heterocycles. The molecule has 1 unspecified atom stereocenters. The predicted molar refractivity (Wildman–Crippen MR) is 145 cm³/mol. The molecule has 4 rings (SSSR count). The molecule has 0 saturated carbocycles. The highest BCUT2D eigenvalue weighted by molar-refractivity contribution is 6.30. The molecule has 0 aliphatic heterocycles. The lowest BCUT2D eigenvalue weighted by molar-refractivity contribution is -0.198. The number of anilines is 1. The van der Waals surface area contributed by atoms with E-state index in [-0.39, 0.29) is 33.9 Å². The van der Waals surface area contributed by atoms with Crippen LogP contribution in [-0.2, 0) is 4.79 Å². The molecule has 1 aliphatic rings. The lowest BCUT2D eigenvalue weighted by Gasteiger charge is -2.25. The third-order valence-electron chi connectivity index (χ3n) is 6.71. The van der Waals surface area contributed by atoms with Gasteiger partial charge in [0.05, 0.1) is 12.8 Å². The van der Waals surface area contributed by atoms with E-state index in [2.05, 4.69) is 9.97 Å². The zero-order valence-corrected chi connectivity index (χ0v) is 22.2. The quantitative estimate of drug-likeness (QED) is 0.280. The van der Waals surface area contributed by atoms with Crippen molar-refractivity contribution in [3.8, 4) is 22.8 Å². The van der Waals surface area contributed by atoms with Gasteiger partial charge in [-0.1, -0.05) is 35.9 Å². The van der Waals surface area contributed by atoms with Gasteiger partial charge in [-0.15, -0.1) is 0 Å². The molecule has 0 saturated heterocycles. The number of aromatic nitrogens is 2. The van der Waals surface area contributed by atoms with Crippen molar-refractivity contribution in [3.63, 3.8) is 0 Å². The molecule has 40 heavy (non-hydrogen) atoms. The number of allylic oxidation sites excluding steroid dienone is 2. The number of carboxylic acid groups (broad SMARTS) is 1. The minimum atomic E-state index is -4.81. The van der Waals surface area contributed by atoms with E-state index in [1.54, 1.807) is 24.3 Å². The number of benzene rings is 2. The van der Waals surface area contributed by atoms with Crippen molar-refractivity contribution in [3.05, 3.63) is 70.9 Å². The Morgan fingerprint density at radius 3 is 2.50 bits per heavy atom. The number of nitrogens with two attached hydrogens (primary N) is 2. The first kappa shape index (κ1) is 29.2. The SMILES string of the molecule is COc1ccc(-c2cc(Cl)ccc2[C@@H](Oc2cc(C3=CCC(C[C@H](N)C(=O)O)CC3)nc(N)n2)C(F)(F)F)cc1. The number of carbonyl (C=O) groups is 1. The van der Waals surface area contributed by atoms with Crippen molar-refractivity contribution in [1.82, 2.24) is 9.97 Å². The number of nitrogen functional groups attached to an aromatic ring is 1. The first-order valence-corrected chi connectivity index (χ1v) is 12.8. The molecule has 8 nitrogen and oxygen atoms in total. The van der Waals surface area contributed by atoms with Gasteiger partial charge in [0.15, 0.2) is 0 Å². The maximum atomic E-state index is 14.5. The van der Waals surface area contributed by atoms with Crippen LogP contribution >= 0.6 is 11.6 Å². The smallest absolute Gasteiger partial charge is 0.429 e. The first-order valence-electron chi connectivity index (χ1n) is 12.4. The summed E-state index contributed by atoms with van der Waals surface area (Å²) in [7, 11) is 1.49. The largest absolute Gasteiger partial charge is 0.497 e. The maximum Gasteiger partial charge on any atom is 0.429 e. The standard InChI is InChI=1S/C28H28ClF3N4O4/c1-39-19-9-6-16(7-10-19)21-13-18(29)8-11-20(21)25(28(30,31)32)40-24-14-23(35-27(34)36-24)17-4-2-15(3-5-17)12-22(33)26(37)38/h4,6-11,13-15,22,25H,2-3,5,12,33H2,1H3,(H,37,38)(H2,34,35,36)/t15?,22-,25+/m0/s1. The number of nitrogens with zero attached hydrogens (tertiary/aromatic N) is 2. The normalized spacial score (nSPS) is 17.1. The molecule has 0 spiro atoms. The third kappa shape index (κ3) is 7.02. The molecular weight excluding hydrogens is 549 g/mol. The predicted octanol–water partition coefficient (Wildman–Crippen LogP) is 6.06. The molecule has 0 bridgehead atoms. The lowest BCUT2D eigenvalue weighted by atomic mass is 9.84. The van der Waals surface area contributed by atoms with Crippen LogP contribution in [0.3, 0.4) is 0 Å². The van der Waals surface area contributed by atoms with Crippen LogP contribution in [0.4, 0.5) is 19.1 Å². The summed E-state index contributed by atoms with van der Waals surface area (Å²) in [6.07, 6.45) is -3.28. The van der Waals surface area contributed by atoms with Crippen molar-refractivity contribution >= 4 is 29.1 Å². The Kier molecular flexibility index (Phi) is 8.85. The fourth-order valence-electron chi connectivity index (χ4n) is 4.67. The van der Waals surface area contributed by atoms with Crippen LogP contribution in [0.15, 0.2) is 54.6 Å². The van der Waals surface area contributed by atoms with Gasteiger partial charge in [-0.2, -0.15) is 18.2 Å². The van der Waals surface area contributed by atoms with Crippen LogP contribution in [0.5, 0.6) is 11.6 Å². The monoisotopic (exact) mass is 576 g/mol. The summed E-state index contributed by atoms with van der Waals surface area (Å²) in [4.78, 5) is 19.2. The van der Waals surface area contributed by atoms with Crippen molar-refractivity contribution < 1.29 is 32.5 Å². The highest BCUT2D eigenvalue weighted by atomic mass is 35.5. The molecule has 0 radical (unpaired) electrons. The van der Waals surface area contributed by atoms with Crippen LogP contribution in [0.25, 0.3) is 16.7 Å². The van der Waals surface area contributed by atoms with E-state index in [9.17, 15) is 18.0 Å². The minimum Gasteiger partial charge on any atom is -0.497 e. The average molecular weight is 577 g/mol. The van der Waals surface area contributed by atoms with Crippen LogP contribution in [0.1, 0.15) is 43.0 Å². The third-order valence-corrected chi connectivity index (χ3v) is 6.94. The molecule has 3 atom stereocenters. The molecular formula is C28H28ClF3N4O4. The summed E-state index contributed by atoms with van der Waals surface area (Å²) < 4.78 is 54.0. The molecule has 3 aromatic rings. The maximum absolute atomic E-state index is 14.5. The molecule has 2 aromatic carbocycles. The van der Waals surface area contributed by atoms with Gasteiger partial charge in [0.2, 0.25) is 17.9 Å². The number of hydrogen-bond donors (Lipinski definition) is 3. The Hall–Kier alpha value is -3.83. The Morgan fingerprint density at radius 1 is 1.18 bits per heavy atom. The van der Waals surface area contributed by atoms with E-state index in [1.807, 2.05) is 6.08 Å². The van der Waals surface area contributed by atoms with E-state index in [4.69, 9.17) is 37.6 Å². The van der Waals surface area contributed by atoms with Crippen molar-refractivity contribution in [2.75, 3.05) is 12.8 Å². The van der Waals surface area contributed by atoms with Gasteiger partial charge in [-0.25, -0.2) is 4.98 Å². The summed E-state index contributed by atoms with van der Waals surface area (Å²) in [6, 6.07) is 11.0. The Bertz CT molecular complexity index is 1400. The highest BCUT2D eigenvalue weighted by Crippen LogP contribution is 2.42. The second kappa shape index (κ2) is 12.1. The number of halogens is 4. The van der Waals surface area contributed by atoms with Crippen LogP contribution < -0.4 is 20.9 Å². The Morgan fingerprint density at radius 2 is 1.90 bits per heavy atom. The van der Waals surface area contributed by atoms with Gasteiger partial charge in [-0.05, 0) is 72.6 Å². The van der Waals surface area contributed by atoms with Gasteiger partial charge >= 0.3 is 12.1 Å². The number of alkyl halides is 3. The molecule has 1 heterocycles. The van der Waals surface area contributed by atoms with E-state index in [0.29, 0.717) is 42.7 Å². The number of carboxylic acids is 1. The van der Waals surface area contributed by atoms with Crippen LogP contribution in [-0.4, -0.2) is 40.4 Å². The number of methoxy groups -OCH3 is 1. The summed E-state index contributed by atoms with van der Waals surface area (Å²) in [5, 5.41) is 9.32. The van der Waals surface area contributed by atoms with E-state index >= 15 is 0 Å². The fourth-order valence-corrected chi connectivity index (χ4v) is 4.84. The van der Waals surface area contributed by atoms with Gasteiger partial charge in [-0.3, -0.25) is 4.79 Å². The summed E-state index contributed by atoms with van der Waals surface area (Å²) in [6.45, 7) is 0. The first-order chi connectivity index (χ1) is 18.9.